The molecule has 4 N–H and O–H groups in total. The highest BCUT2D eigenvalue weighted by Gasteiger charge is 2.14. The molecular formula is C19H17N5O3. The fraction of sp³-hybridized carbons (Fsp3) is 0.0526. The van der Waals surface area contributed by atoms with Crippen molar-refractivity contribution in [3.05, 3.63) is 77.2 Å². The van der Waals surface area contributed by atoms with E-state index in [-0.39, 0.29) is 17.3 Å². The van der Waals surface area contributed by atoms with Crippen LogP contribution < -0.4 is 21.5 Å². The zero-order valence-corrected chi connectivity index (χ0v) is 14.3. The molecule has 0 bridgehead atoms. The van der Waals surface area contributed by atoms with Crippen LogP contribution in [0.5, 0.6) is 0 Å². The molecule has 0 saturated carbocycles. The van der Waals surface area contributed by atoms with Gasteiger partial charge in [-0.25, -0.2) is 9.89 Å². The molecule has 0 aliphatic rings. The van der Waals surface area contributed by atoms with E-state index < -0.39 is 5.91 Å². The molecule has 2 aromatic carbocycles. The molecule has 0 atom stereocenters. The van der Waals surface area contributed by atoms with E-state index in [1.54, 1.807) is 54.6 Å². The summed E-state index contributed by atoms with van der Waals surface area (Å²) in [5, 5.41) is 15.0. The minimum absolute atomic E-state index is 0.121. The van der Waals surface area contributed by atoms with Crippen molar-refractivity contribution in [1.82, 2.24) is 15.5 Å². The molecule has 0 aliphatic carbocycles. The summed E-state index contributed by atoms with van der Waals surface area (Å²) in [5.74, 6) is -0.452. The summed E-state index contributed by atoms with van der Waals surface area (Å²) < 4.78 is 0. The first-order valence-electron chi connectivity index (χ1n) is 8.13. The molecular weight excluding hydrogens is 346 g/mol. The van der Waals surface area contributed by atoms with Crippen LogP contribution in [0.3, 0.4) is 0 Å². The smallest absolute Gasteiger partial charge is 0.319 e. The molecule has 0 radical (unpaired) electrons. The molecule has 1 aromatic heterocycles. The lowest BCUT2D eigenvalue weighted by Crippen LogP contribution is -2.28. The van der Waals surface area contributed by atoms with Gasteiger partial charge >= 0.3 is 6.03 Å². The number of aromatic amines is 1. The molecule has 0 fully saturated rings. The van der Waals surface area contributed by atoms with Gasteiger partial charge in [-0.15, -0.1) is 6.58 Å². The molecule has 8 heteroatoms. The Balaban J connectivity index is 1.73. The molecule has 27 heavy (non-hydrogen) atoms. The maximum absolute atomic E-state index is 12.5. The van der Waals surface area contributed by atoms with E-state index in [0.29, 0.717) is 28.7 Å². The summed E-state index contributed by atoms with van der Waals surface area (Å²) in [6.07, 6.45) is 1.58. The number of hydrogen-bond acceptors (Lipinski definition) is 4. The zero-order chi connectivity index (χ0) is 19.2. The van der Waals surface area contributed by atoms with E-state index >= 15 is 0 Å². The number of benzene rings is 2. The van der Waals surface area contributed by atoms with E-state index in [0.717, 1.165) is 0 Å². The van der Waals surface area contributed by atoms with Gasteiger partial charge in [0.1, 0.15) is 0 Å². The Morgan fingerprint density at radius 2 is 1.63 bits per heavy atom. The zero-order valence-electron chi connectivity index (χ0n) is 14.3. The van der Waals surface area contributed by atoms with Gasteiger partial charge in [-0.3, -0.25) is 9.59 Å². The average molecular weight is 363 g/mol. The number of nitrogens with zero attached hydrogens (tertiary/aromatic N) is 1. The van der Waals surface area contributed by atoms with Gasteiger partial charge in [-0.2, -0.15) is 5.10 Å². The highest BCUT2D eigenvalue weighted by Crippen LogP contribution is 2.17. The van der Waals surface area contributed by atoms with Crippen LogP contribution in [-0.4, -0.2) is 28.7 Å². The first kappa shape index (κ1) is 17.9. The van der Waals surface area contributed by atoms with Gasteiger partial charge < -0.3 is 16.0 Å². The van der Waals surface area contributed by atoms with Crippen LogP contribution in [0, 0.1) is 0 Å². The summed E-state index contributed by atoms with van der Waals surface area (Å²) in [6, 6.07) is 13.0. The molecule has 0 unspecified atom stereocenters. The van der Waals surface area contributed by atoms with E-state index in [2.05, 4.69) is 32.7 Å². The third kappa shape index (κ3) is 4.18. The second-order valence-corrected chi connectivity index (χ2v) is 5.60. The molecule has 0 spiro atoms. The summed E-state index contributed by atoms with van der Waals surface area (Å²) in [7, 11) is 0. The number of carbonyl (C=O) groups is 2. The Hall–Kier alpha value is -3.94. The van der Waals surface area contributed by atoms with Crippen molar-refractivity contribution >= 4 is 34.1 Å². The van der Waals surface area contributed by atoms with Crippen LogP contribution >= 0.6 is 0 Å². The van der Waals surface area contributed by atoms with E-state index in [9.17, 15) is 14.4 Å². The highest BCUT2D eigenvalue weighted by molar-refractivity contribution is 6.11. The van der Waals surface area contributed by atoms with Crippen LogP contribution in [0.2, 0.25) is 0 Å². The third-order valence-corrected chi connectivity index (χ3v) is 3.72. The van der Waals surface area contributed by atoms with Crippen molar-refractivity contribution in [2.75, 3.05) is 17.2 Å². The van der Waals surface area contributed by atoms with E-state index in [1.165, 1.54) is 0 Å². The number of rotatable bonds is 5. The van der Waals surface area contributed by atoms with Crippen LogP contribution in [-0.2, 0) is 0 Å². The van der Waals surface area contributed by atoms with Crippen LogP contribution in [0.15, 0.2) is 66.0 Å². The fourth-order valence-electron chi connectivity index (χ4n) is 2.46. The van der Waals surface area contributed by atoms with Crippen molar-refractivity contribution in [1.29, 1.82) is 0 Å². The summed E-state index contributed by atoms with van der Waals surface area (Å²) >= 11 is 0. The topological polar surface area (TPSA) is 116 Å². The van der Waals surface area contributed by atoms with Crippen molar-refractivity contribution in [2.45, 2.75) is 0 Å². The molecule has 0 aliphatic heterocycles. The molecule has 1 heterocycles. The van der Waals surface area contributed by atoms with Gasteiger partial charge in [0.2, 0.25) is 0 Å². The molecule has 8 nitrogen and oxygen atoms in total. The summed E-state index contributed by atoms with van der Waals surface area (Å²) in [5.41, 5.74) is 0.861. The SMILES string of the molecule is C=CCNC(=O)Nc1ccc(NC(=O)c2n[nH]c(=O)c3ccccc23)cc1. The Kier molecular flexibility index (Phi) is 5.27. The van der Waals surface area contributed by atoms with Gasteiger partial charge in [0.15, 0.2) is 5.69 Å². The van der Waals surface area contributed by atoms with Crippen LogP contribution in [0.4, 0.5) is 16.2 Å². The van der Waals surface area contributed by atoms with Crippen LogP contribution in [0.25, 0.3) is 10.8 Å². The number of urea groups is 1. The second-order valence-electron chi connectivity index (χ2n) is 5.60. The van der Waals surface area contributed by atoms with Crippen molar-refractivity contribution in [3.8, 4) is 0 Å². The fourth-order valence-corrected chi connectivity index (χ4v) is 2.46. The predicted octanol–water partition coefficient (Wildman–Crippen LogP) is 2.48. The van der Waals surface area contributed by atoms with Gasteiger partial charge in [-0.1, -0.05) is 24.3 Å². The first-order valence-corrected chi connectivity index (χ1v) is 8.13. The van der Waals surface area contributed by atoms with Crippen molar-refractivity contribution in [2.24, 2.45) is 0 Å². The first-order chi connectivity index (χ1) is 13.1. The van der Waals surface area contributed by atoms with Gasteiger partial charge in [0.05, 0.1) is 5.39 Å². The minimum atomic E-state index is -0.452. The van der Waals surface area contributed by atoms with Gasteiger partial charge in [0, 0.05) is 23.3 Å². The Labute approximate surface area is 154 Å². The Morgan fingerprint density at radius 1 is 1.00 bits per heavy atom. The monoisotopic (exact) mass is 363 g/mol. The lowest BCUT2D eigenvalue weighted by atomic mass is 10.1. The largest absolute Gasteiger partial charge is 0.334 e. The summed E-state index contributed by atoms with van der Waals surface area (Å²) in [6.45, 7) is 3.88. The third-order valence-electron chi connectivity index (χ3n) is 3.72. The number of carbonyl (C=O) groups excluding carboxylic acids is 2. The van der Waals surface area contributed by atoms with Gasteiger partial charge in [0.25, 0.3) is 11.5 Å². The normalized spacial score (nSPS) is 10.2. The standard InChI is InChI=1S/C19H17N5O3/c1-2-11-20-19(27)22-13-9-7-12(8-10-13)21-18(26)16-14-5-3-4-6-15(14)17(25)24-23-16/h2-10H,1,11H2,(H,21,26)(H,24,25)(H2,20,22,27). The quantitative estimate of drug-likeness (QED) is 0.521. The average Bonchev–Trinajstić information content (AvgIpc) is 2.68. The van der Waals surface area contributed by atoms with Crippen molar-refractivity contribution in [3.63, 3.8) is 0 Å². The maximum atomic E-state index is 12.5. The second kappa shape index (κ2) is 7.96. The lowest BCUT2D eigenvalue weighted by Gasteiger charge is -2.09. The molecule has 3 amide bonds. The number of H-pyrrole nitrogens is 1. The number of amides is 3. The maximum Gasteiger partial charge on any atom is 0.319 e. The lowest BCUT2D eigenvalue weighted by molar-refractivity contribution is 0.102. The van der Waals surface area contributed by atoms with Crippen molar-refractivity contribution < 1.29 is 9.59 Å². The highest BCUT2D eigenvalue weighted by atomic mass is 16.2. The molecule has 3 rings (SSSR count). The summed E-state index contributed by atoms with van der Waals surface area (Å²) in [4.78, 5) is 35.9. The molecule has 3 aromatic rings. The molecule has 0 saturated heterocycles. The predicted molar refractivity (Wildman–Crippen MR) is 104 cm³/mol. The number of nitrogens with one attached hydrogen (secondary N) is 4. The number of hydrogen-bond donors (Lipinski definition) is 4. The minimum Gasteiger partial charge on any atom is -0.334 e. The van der Waals surface area contributed by atoms with E-state index in [1.807, 2.05) is 0 Å². The number of aromatic nitrogens is 2. The van der Waals surface area contributed by atoms with Gasteiger partial charge in [-0.05, 0) is 30.3 Å². The molecule has 136 valence electrons. The number of anilines is 2. The van der Waals surface area contributed by atoms with Crippen LogP contribution in [0.1, 0.15) is 10.5 Å². The van der Waals surface area contributed by atoms with E-state index in [4.69, 9.17) is 0 Å². The number of fused-ring (bicyclic) bond motifs is 1. The Bertz CT molecular complexity index is 1060. The Morgan fingerprint density at radius 3 is 2.30 bits per heavy atom.